The summed E-state index contributed by atoms with van der Waals surface area (Å²) in [4.78, 5) is 19.1. The van der Waals surface area contributed by atoms with Gasteiger partial charge >= 0.3 is 0 Å². The molecule has 0 spiro atoms. The van der Waals surface area contributed by atoms with Gasteiger partial charge in [-0.3, -0.25) is 4.79 Å². The van der Waals surface area contributed by atoms with Crippen LogP contribution in [0.5, 0.6) is 0 Å². The molecule has 16 heavy (non-hydrogen) atoms. The second kappa shape index (κ2) is 4.67. The number of ether oxygens (including phenoxy) is 2. The van der Waals surface area contributed by atoms with Gasteiger partial charge in [-0.2, -0.15) is 0 Å². The molecule has 0 unspecified atom stereocenters. The van der Waals surface area contributed by atoms with Crippen molar-refractivity contribution in [2.75, 3.05) is 20.3 Å². The van der Waals surface area contributed by atoms with Crippen molar-refractivity contribution in [1.82, 2.24) is 9.97 Å². The number of rotatable bonds is 3. The highest BCUT2D eigenvalue weighted by atomic mass is 16.5. The van der Waals surface area contributed by atoms with E-state index >= 15 is 0 Å². The first-order valence-corrected chi connectivity index (χ1v) is 5.22. The van der Waals surface area contributed by atoms with Crippen LogP contribution in [0.4, 0.5) is 0 Å². The van der Waals surface area contributed by atoms with Crippen LogP contribution in [0.15, 0.2) is 12.3 Å². The molecule has 1 saturated heterocycles. The number of hydrogen-bond acceptors (Lipinski definition) is 5. The Morgan fingerprint density at radius 3 is 2.88 bits per heavy atom. The highest BCUT2D eigenvalue weighted by Crippen LogP contribution is 2.32. The summed E-state index contributed by atoms with van der Waals surface area (Å²) in [6.07, 6.45) is 3.73. The average Bonchev–Trinajstić information content (AvgIpc) is 2.39. The number of carbonyl (C=O) groups is 1. The summed E-state index contributed by atoms with van der Waals surface area (Å²) in [5, 5.41) is 0. The summed E-state index contributed by atoms with van der Waals surface area (Å²) in [6, 6.07) is 1.58. The molecular weight excluding hydrogens is 208 g/mol. The summed E-state index contributed by atoms with van der Waals surface area (Å²) >= 11 is 0. The van der Waals surface area contributed by atoms with E-state index in [1.165, 1.54) is 0 Å². The van der Waals surface area contributed by atoms with Crippen molar-refractivity contribution in [2.45, 2.75) is 18.4 Å². The van der Waals surface area contributed by atoms with Gasteiger partial charge in [0.05, 0.1) is 0 Å². The largest absolute Gasteiger partial charge is 0.381 e. The van der Waals surface area contributed by atoms with Gasteiger partial charge in [0.25, 0.3) is 0 Å². The molecule has 0 radical (unpaired) electrons. The van der Waals surface area contributed by atoms with Gasteiger partial charge < -0.3 is 9.47 Å². The first kappa shape index (κ1) is 11.2. The van der Waals surface area contributed by atoms with Crippen molar-refractivity contribution in [1.29, 1.82) is 0 Å². The lowest BCUT2D eigenvalue weighted by Gasteiger charge is -2.34. The molecule has 0 bridgehead atoms. The van der Waals surface area contributed by atoms with Crippen molar-refractivity contribution in [2.24, 2.45) is 0 Å². The number of aldehydes is 1. The summed E-state index contributed by atoms with van der Waals surface area (Å²) in [5.41, 5.74) is -0.120. The highest BCUT2D eigenvalue weighted by molar-refractivity contribution is 5.71. The Hall–Kier alpha value is -1.33. The van der Waals surface area contributed by atoms with Crippen LogP contribution in [-0.2, 0) is 15.1 Å². The van der Waals surface area contributed by atoms with Gasteiger partial charge in [0.15, 0.2) is 12.1 Å². The smallest absolute Gasteiger partial charge is 0.168 e. The van der Waals surface area contributed by atoms with E-state index < -0.39 is 5.60 Å². The molecule has 5 nitrogen and oxygen atoms in total. The topological polar surface area (TPSA) is 61.3 Å². The molecule has 1 fully saturated rings. The summed E-state index contributed by atoms with van der Waals surface area (Å²) in [7, 11) is 1.64. The molecule has 0 saturated carbocycles. The number of aromatic nitrogens is 2. The van der Waals surface area contributed by atoms with Crippen LogP contribution >= 0.6 is 0 Å². The van der Waals surface area contributed by atoms with Gasteiger partial charge in [-0.1, -0.05) is 0 Å². The molecule has 5 heteroatoms. The van der Waals surface area contributed by atoms with Gasteiger partial charge in [-0.15, -0.1) is 0 Å². The van der Waals surface area contributed by atoms with Crippen molar-refractivity contribution >= 4 is 6.29 Å². The molecule has 0 aromatic carbocycles. The molecule has 0 amide bonds. The zero-order valence-electron chi connectivity index (χ0n) is 9.18. The van der Waals surface area contributed by atoms with Crippen LogP contribution < -0.4 is 0 Å². The molecule has 1 aliphatic rings. The highest BCUT2D eigenvalue weighted by Gasteiger charge is 2.37. The summed E-state index contributed by atoms with van der Waals surface area (Å²) in [6.45, 7) is 1.25. The Morgan fingerprint density at radius 1 is 1.50 bits per heavy atom. The Labute approximate surface area is 93.8 Å². The Kier molecular flexibility index (Phi) is 3.26. The molecule has 1 aromatic heterocycles. The lowest BCUT2D eigenvalue weighted by molar-refractivity contribution is -0.1000. The van der Waals surface area contributed by atoms with Crippen LogP contribution in [0, 0.1) is 0 Å². The Bertz CT molecular complexity index is 375. The SMILES string of the molecule is COC1(c2nccc(C=O)n2)CCOCC1. The van der Waals surface area contributed by atoms with E-state index in [2.05, 4.69) is 9.97 Å². The second-order valence-electron chi connectivity index (χ2n) is 3.73. The molecule has 2 rings (SSSR count). The zero-order chi connectivity index (χ0) is 11.4. The molecule has 0 aliphatic carbocycles. The van der Waals surface area contributed by atoms with E-state index in [4.69, 9.17) is 9.47 Å². The number of methoxy groups -OCH3 is 1. The summed E-state index contributed by atoms with van der Waals surface area (Å²) < 4.78 is 10.8. The van der Waals surface area contributed by atoms with Gasteiger partial charge in [-0.05, 0) is 6.07 Å². The fourth-order valence-corrected chi connectivity index (χ4v) is 1.88. The minimum absolute atomic E-state index is 0.382. The van der Waals surface area contributed by atoms with E-state index in [9.17, 15) is 4.79 Å². The first-order valence-electron chi connectivity index (χ1n) is 5.22. The molecule has 0 N–H and O–H groups in total. The number of nitrogens with zero attached hydrogens (tertiary/aromatic N) is 2. The van der Waals surface area contributed by atoms with E-state index in [1.807, 2.05) is 0 Å². The van der Waals surface area contributed by atoms with E-state index in [0.29, 0.717) is 43.9 Å². The van der Waals surface area contributed by atoms with E-state index in [0.717, 1.165) is 0 Å². The third-order valence-electron chi connectivity index (χ3n) is 2.90. The quantitative estimate of drug-likeness (QED) is 0.712. The van der Waals surface area contributed by atoms with Crippen molar-refractivity contribution in [3.05, 3.63) is 23.8 Å². The fourth-order valence-electron chi connectivity index (χ4n) is 1.88. The van der Waals surface area contributed by atoms with Crippen molar-refractivity contribution < 1.29 is 14.3 Å². The maximum atomic E-state index is 10.7. The normalized spacial score (nSPS) is 19.3. The van der Waals surface area contributed by atoms with Gasteiger partial charge in [0.2, 0.25) is 0 Å². The number of carbonyl (C=O) groups excluding carboxylic acids is 1. The lowest BCUT2D eigenvalue weighted by atomic mass is 9.93. The Balaban J connectivity index is 2.34. The van der Waals surface area contributed by atoms with Crippen molar-refractivity contribution in [3.8, 4) is 0 Å². The van der Waals surface area contributed by atoms with Crippen LogP contribution in [-0.4, -0.2) is 36.6 Å². The fraction of sp³-hybridized carbons (Fsp3) is 0.545. The minimum Gasteiger partial charge on any atom is -0.381 e. The monoisotopic (exact) mass is 222 g/mol. The molecule has 2 heterocycles. The average molecular weight is 222 g/mol. The zero-order valence-corrected chi connectivity index (χ0v) is 9.18. The van der Waals surface area contributed by atoms with Crippen LogP contribution in [0.1, 0.15) is 29.2 Å². The van der Waals surface area contributed by atoms with E-state index in [-0.39, 0.29) is 0 Å². The van der Waals surface area contributed by atoms with E-state index in [1.54, 1.807) is 19.4 Å². The maximum absolute atomic E-state index is 10.7. The lowest BCUT2D eigenvalue weighted by Crippen LogP contribution is -2.37. The predicted octanol–water partition coefficient (Wildman–Crippen LogP) is 0.941. The van der Waals surface area contributed by atoms with Crippen molar-refractivity contribution in [3.63, 3.8) is 0 Å². The maximum Gasteiger partial charge on any atom is 0.168 e. The van der Waals surface area contributed by atoms with Crippen LogP contribution in [0.2, 0.25) is 0 Å². The minimum atomic E-state index is -0.503. The van der Waals surface area contributed by atoms with Gasteiger partial charge in [0.1, 0.15) is 11.3 Å². The molecular formula is C11H14N2O3. The first-order chi connectivity index (χ1) is 7.80. The van der Waals surface area contributed by atoms with Gasteiger partial charge in [-0.25, -0.2) is 9.97 Å². The molecule has 1 aliphatic heterocycles. The predicted molar refractivity (Wildman–Crippen MR) is 56.2 cm³/mol. The van der Waals surface area contributed by atoms with Crippen LogP contribution in [0.25, 0.3) is 0 Å². The second-order valence-corrected chi connectivity index (χ2v) is 3.73. The van der Waals surface area contributed by atoms with Gasteiger partial charge in [0, 0.05) is 39.4 Å². The third kappa shape index (κ3) is 1.96. The third-order valence-corrected chi connectivity index (χ3v) is 2.90. The number of hydrogen-bond donors (Lipinski definition) is 0. The molecule has 1 aromatic rings. The standard InChI is InChI=1S/C11H14N2O3/c1-15-11(3-6-16-7-4-11)10-12-5-2-9(8-14)13-10/h2,5,8H,3-4,6-7H2,1H3. The molecule has 86 valence electrons. The molecule has 0 atom stereocenters. The summed E-state index contributed by atoms with van der Waals surface area (Å²) in [5.74, 6) is 0.572. The Morgan fingerprint density at radius 2 is 2.25 bits per heavy atom. The van der Waals surface area contributed by atoms with Crippen LogP contribution in [0.3, 0.4) is 0 Å².